The van der Waals surface area contributed by atoms with E-state index in [2.05, 4.69) is 6.92 Å². The molecule has 0 amide bonds. The molecule has 0 aromatic heterocycles. The van der Waals surface area contributed by atoms with Gasteiger partial charge in [0, 0.05) is 25.1 Å². The van der Waals surface area contributed by atoms with Gasteiger partial charge >= 0.3 is 0 Å². The number of nitrogens with zero attached hydrogens (tertiary/aromatic N) is 2. The van der Waals surface area contributed by atoms with E-state index in [4.69, 9.17) is 9.57 Å². The average Bonchev–Trinajstić information content (AvgIpc) is 3.26. The van der Waals surface area contributed by atoms with Crippen molar-refractivity contribution in [2.24, 2.45) is 0 Å². The molecule has 3 heterocycles. The van der Waals surface area contributed by atoms with Gasteiger partial charge in [0.1, 0.15) is 11.3 Å². The van der Waals surface area contributed by atoms with Gasteiger partial charge in [0.05, 0.1) is 6.61 Å². The summed E-state index contributed by atoms with van der Waals surface area (Å²) in [5, 5.41) is 35.2. The maximum atomic E-state index is 11.4. The van der Waals surface area contributed by atoms with E-state index in [1.807, 2.05) is 26.0 Å². The molecule has 0 aliphatic carbocycles. The summed E-state index contributed by atoms with van der Waals surface area (Å²) in [6.45, 7) is 7.53. The predicted octanol–water partition coefficient (Wildman–Crippen LogP) is 2.81. The molecule has 1 aromatic carbocycles. The summed E-state index contributed by atoms with van der Waals surface area (Å²) in [7, 11) is 0. The summed E-state index contributed by atoms with van der Waals surface area (Å²) >= 11 is 0. The van der Waals surface area contributed by atoms with Gasteiger partial charge in [0.15, 0.2) is 12.5 Å². The number of benzene rings is 1. The van der Waals surface area contributed by atoms with E-state index in [-0.39, 0.29) is 5.76 Å². The molecule has 0 radical (unpaired) electrons. The lowest BCUT2D eigenvalue weighted by molar-refractivity contribution is -0.337. The normalized spacial score (nSPS) is 28.6. The molecule has 3 N–H and O–H groups in total. The molecule has 0 saturated carbocycles. The molecule has 1 spiro atoms. The molecule has 154 valence electrons. The van der Waals surface area contributed by atoms with Gasteiger partial charge in [-0.1, -0.05) is 12.1 Å². The molecule has 0 bridgehead atoms. The Morgan fingerprint density at radius 3 is 2.50 bits per heavy atom. The Hall–Kier alpha value is -1.48. The lowest BCUT2D eigenvalue weighted by atomic mass is 9.85. The highest BCUT2D eigenvalue weighted by Crippen LogP contribution is 2.48. The van der Waals surface area contributed by atoms with Crippen molar-refractivity contribution in [1.29, 1.82) is 0 Å². The number of hydrogen-bond donors (Lipinski definition) is 3. The maximum absolute atomic E-state index is 11.4. The van der Waals surface area contributed by atoms with Crippen LogP contribution >= 0.6 is 0 Å². The van der Waals surface area contributed by atoms with Crippen molar-refractivity contribution in [2.45, 2.75) is 64.5 Å². The van der Waals surface area contributed by atoms with E-state index in [1.165, 1.54) is 15.7 Å². The molecule has 3 aliphatic rings. The molecule has 2 saturated heterocycles. The molecule has 1 aromatic rings. The molecule has 3 aliphatic heterocycles. The standard InChI is InChI=1S/C21H30N2O5/c1-13-6-7-16(15(3)14(13)2)18-19(24)21(8-10-22(26)11-9-21)23(20(18)25)28-17-5-4-12-27-17/h6-7,17,20,24-26H,4-5,8-12H2,1-3H3. The van der Waals surface area contributed by atoms with Crippen molar-refractivity contribution in [3.63, 3.8) is 0 Å². The summed E-state index contributed by atoms with van der Waals surface area (Å²) in [6, 6.07) is 3.97. The predicted molar refractivity (Wildman–Crippen MR) is 103 cm³/mol. The topological polar surface area (TPSA) is 85.6 Å². The van der Waals surface area contributed by atoms with Gasteiger partial charge in [0.2, 0.25) is 0 Å². The third-order valence-electron chi connectivity index (χ3n) is 6.63. The highest BCUT2D eigenvalue weighted by Gasteiger charge is 2.56. The molecule has 4 rings (SSSR count). The van der Waals surface area contributed by atoms with Crippen molar-refractivity contribution in [1.82, 2.24) is 10.1 Å². The fourth-order valence-corrected chi connectivity index (χ4v) is 4.58. The second-order valence-electron chi connectivity index (χ2n) is 8.18. The van der Waals surface area contributed by atoms with Crippen molar-refractivity contribution < 1.29 is 25.0 Å². The monoisotopic (exact) mass is 390 g/mol. The number of piperidine rings is 1. The second kappa shape index (κ2) is 7.40. The van der Waals surface area contributed by atoms with E-state index in [1.54, 1.807) is 0 Å². The maximum Gasteiger partial charge on any atom is 0.177 e. The van der Waals surface area contributed by atoms with Crippen LogP contribution in [0.15, 0.2) is 17.9 Å². The van der Waals surface area contributed by atoms with Crippen LogP contribution in [0.5, 0.6) is 0 Å². The number of aliphatic hydroxyl groups excluding tert-OH is 2. The zero-order valence-electron chi connectivity index (χ0n) is 16.8. The summed E-state index contributed by atoms with van der Waals surface area (Å²) in [5.74, 6) is 0.137. The van der Waals surface area contributed by atoms with Crippen LogP contribution in [-0.2, 0) is 9.57 Å². The first-order chi connectivity index (χ1) is 13.3. The Labute approximate surface area is 165 Å². The van der Waals surface area contributed by atoms with Crippen molar-refractivity contribution in [3.05, 3.63) is 40.1 Å². The lowest BCUT2D eigenvalue weighted by Crippen LogP contribution is -2.56. The van der Waals surface area contributed by atoms with Gasteiger partial charge < -0.3 is 20.2 Å². The summed E-state index contributed by atoms with van der Waals surface area (Å²) < 4.78 is 5.62. The first kappa shape index (κ1) is 19.8. The molecular formula is C21H30N2O5. The summed E-state index contributed by atoms with van der Waals surface area (Å²) in [6.07, 6.45) is 1.04. The van der Waals surface area contributed by atoms with E-state index < -0.39 is 18.1 Å². The SMILES string of the molecule is Cc1ccc(C2=C(O)C3(CCN(O)CC3)N(OC3CCCO3)C2O)c(C)c1C. The van der Waals surface area contributed by atoms with Gasteiger partial charge in [-0.05, 0) is 62.3 Å². The zero-order chi connectivity index (χ0) is 20.1. The van der Waals surface area contributed by atoms with Crippen molar-refractivity contribution in [3.8, 4) is 0 Å². The highest BCUT2D eigenvalue weighted by atomic mass is 16.8. The van der Waals surface area contributed by atoms with E-state index in [9.17, 15) is 15.4 Å². The van der Waals surface area contributed by atoms with Crippen LogP contribution in [0.25, 0.3) is 5.57 Å². The fourth-order valence-electron chi connectivity index (χ4n) is 4.58. The number of aryl methyl sites for hydroxylation is 1. The molecule has 7 heteroatoms. The first-order valence-corrected chi connectivity index (χ1v) is 10.1. The van der Waals surface area contributed by atoms with Gasteiger partial charge in [-0.15, -0.1) is 5.06 Å². The van der Waals surface area contributed by atoms with Crippen LogP contribution in [0.1, 0.15) is 47.9 Å². The lowest BCUT2D eigenvalue weighted by Gasteiger charge is -2.43. The molecule has 2 unspecified atom stereocenters. The highest BCUT2D eigenvalue weighted by molar-refractivity contribution is 5.77. The molecular weight excluding hydrogens is 360 g/mol. The Bertz CT molecular complexity index is 779. The smallest absolute Gasteiger partial charge is 0.177 e. The molecule has 2 fully saturated rings. The zero-order valence-corrected chi connectivity index (χ0v) is 16.8. The second-order valence-corrected chi connectivity index (χ2v) is 8.18. The van der Waals surface area contributed by atoms with Gasteiger partial charge in [-0.3, -0.25) is 4.84 Å². The summed E-state index contributed by atoms with van der Waals surface area (Å²) in [5.41, 5.74) is 3.80. The van der Waals surface area contributed by atoms with Crippen LogP contribution in [-0.4, -0.2) is 63.3 Å². The third kappa shape index (κ3) is 3.07. The van der Waals surface area contributed by atoms with Crippen LogP contribution in [0, 0.1) is 20.8 Å². The third-order valence-corrected chi connectivity index (χ3v) is 6.63. The Morgan fingerprint density at radius 1 is 1.14 bits per heavy atom. The minimum absolute atomic E-state index is 0.137. The number of hydrogen-bond acceptors (Lipinski definition) is 7. The van der Waals surface area contributed by atoms with E-state index >= 15 is 0 Å². The summed E-state index contributed by atoms with van der Waals surface area (Å²) in [4.78, 5) is 6.09. The van der Waals surface area contributed by atoms with Crippen LogP contribution < -0.4 is 0 Å². The van der Waals surface area contributed by atoms with Gasteiger partial charge in [-0.2, -0.15) is 5.06 Å². The van der Waals surface area contributed by atoms with Gasteiger partial charge in [-0.25, -0.2) is 0 Å². The molecule has 28 heavy (non-hydrogen) atoms. The number of aliphatic hydroxyl groups is 2. The van der Waals surface area contributed by atoms with Gasteiger partial charge in [0.25, 0.3) is 0 Å². The Kier molecular flexibility index (Phi) is 5.24. The largest absolute Gasteiger partial charge is 0.510 e. The van der Waals surface area contributed by atoms with Crippen LogP contribution in [0.3, 0.4) is 0 Å². The van der Waals surface area contributed by atoms with E-state index in [0.29, 0.717) is 38.1 Å². The van der Waals surface area contributed by atoms with Crippen molar-refractivity contribution >= 4 is 5.57 Å². The number of rotatable bonds is 3. The number of hydroxylamine groups is 4. The van der Waals surface area contributed by atoms with E-state index in [0.717, 1.165) is 29.5 Å². The minimum Gasteiger partial charge on any atom is -0.510 e. The van der Waals surface area contributed by atoms with Crippen molar-refractivity contribution in [2.75, 3.05) is 19.7 Å². The Morgan fingerprint density at radius 2 is 1.86 bits per heavy atom. The molecule has 2 atom stereocenters. The first-order valence-electron chi connectivity index (χ1n) is 10.1. The minimum atomic E-state index is -1.10. The fraction of sp³-hybridized carbons (Fsp3) is 0.619. The van der Waals surface area contributed by atoms with Crippen LogP contribution in [0.4, 0.5) is 0 Å². The number of ether oxygens (including phenoxy) is 1. The van der Waals surface area contributed by atoms with Crippen LogP contribution in [0.2, 0.25) is 0 Å². The quantitative estimate of drug-likeness (QED) is 0.732. The molecule has 7 nitrogen and oxygen atoms in total. The Balaban J connectivity index is 1.77. The average molecular weight is 390 g/mol.